The summed E-state index contributed by atoms with van der Waals surface area (Å²) in [6, 6.07) is 0. The molecule has 1 unspecified atom stereocenters. The number of rotatable bonds is 6. The Hall–Kier alpha value is -1.07. The minimum Gasteiger partial charge on any atom is -0.397 e. The van der Waals surface area contributed by atoms with Crippen LogP contribution < -0.4 is 10.6 Å². The minimum atomic E-state index is 0.179. The Balaban J connectivity index is 1.89. The van der Waals surface area contributed by atoms with Crippen LogP contribution in [-0.2, 0) is 4.74 Å². The van der Waals surface area contributed by atoms with Crippen molar-refractivity contribution >= 4 is 27.8 Å². The zero-order valence-corrected chi connectivity index (χ0v) is 13.7. The quantitative estimate of drug-likeness (QED) is 0.820. The van der Waals surface area contributed by atoms with Gasteiger partial charge >= 0.3 is 0 Å². The lowest BCUT2D eigenvalue weighted by Crippen LogP contribution is -2.21. The van der Waals surface area contributed by atoms with Crippen molar-refractivity contribution in [3.63, 3.8) is 0 Å². The summed E-state index contributed by atoms with van der Waals surface area (Å²) in [5.41, 5.74) is 8.34. The van der Waals surface area contributed by atoms with Gasteiger partial charge in [-0.15, -0.1) is 11.3 Å². The average molecular weight is 308 g/mol. The van der Waals surface area contributed by atoms with Crippen molar-refractivity contribution in [2.24, 2.45) is 5.92 Å². The fourth-order valence-electron chi connectivity index (χ4n) is 3.20. The molecule has 2 N–H and O–H groups in total. The maximum absolute atomic E-state index is 12.1. The third kappa shape index (κ3) is 2.81. The normalized spacial score (nSPS) is 22.0. The first-order valence-electron chi connectivity index (χ1n) is 7.84. The van der Waals surface area contributed by atoms with Crippen LogP contribution in [0.2, 0.25) is 0 Å². The van der Waals surface area contributed by atoms with E-state index in [0.29, 0.717) is 18.3 Å². The van der Waals surface area contributed by atoms with Gasteiger partial charge in [0.2, 0.25) is 0 Å². The maximum Gasteiger partial charge on any atom is 0.174 e. The van der Waals surface area contributed by atoms with Crippen LogP contribution in [0.25, 0.3) is 0 Å². The molecule has 116 valence electrons. The molecular formula is C16H24N2O2S. The molecule has 5 heteroatoms. The van der Waals surface area contributed by atoms with Gasteiger partial charge in [0.1, 0.15) is 0 Å². The molecule has 2 fully saturated rings. The van der Waals surface area contributed by atoms with E-state index < -0.39 is 0 Å². The monoisotopic (exact) mass is 308 g/mol. The number of thiophene rings is 1. The van der Waals surface area contributed by atoms with Gasteiger partial charge in [0, 0.05) is 38.1 Å². The molecule has 1 saturated heterocycles. The van der Waals surface area contributed by atoms with Gasteiger partial charge in [-0.05, 0) is 25.2 Å². The molecule has 0 bridgehead atoms. The third-order valence-electron chi connectivity index (χ3n) is 4.50. The maximum atomic E-state index is 12.1. The third-order valence-corrected chi connectivity index (χ3v) is 5.82. The molecule has 1 aromatic rings. The van der Waals surface area contributed by atoms with E-state index in [1.807, 2.05) is 6.92 Å². The van der Waals surface area contributed by atoms with E-state index in [0.717, 1.165) is 36.7 Å². The van der Waals surface area contributed by atoms with E-state index in [4.69, 9.17) is 10.5 Å². The summed E-state index contributed by atoms with van der Waals surface area (Å²) < 4.78 is 5.28. The van der Waals surface area contributed by atoms with Crippen LogP contribution in [0, 0.1) is 5.92 Å². The van der Waals surface area contributed by atoms with Gasteiger partial charge in [0.15, 0.2) is 5.78 Å². The predicted octanol–water partition coefficient (Wildman–Crippen LogP) is 3.27. The van der Waals surface area contributed by atoms with Crippen molar-refractivity contribution in [1.82, 2.24) is 0 Å². The first-order chi connectivity index (χ1) is 10.2. The Bertz CT molecular complexity index is 537. The first kappa shape index (κ1) is 14.9. The zero-order valence-electron chi connectivity index (χ0n) is 12.9. The van der Waals surface area contributed by atoms with Gasteiger partial charge in [0.05, 0.1) is 22.2 Å². The number of anilines is 2. The van der Waals surface area contributed by atoms with Gasteiger partial charge in [-0.2, -0.15) is 0 Å². The van der Waals surface area contributed by atoms with Gasteiger partial charge in [-0.25, -0.2) is 0 Å². The van der Waals surface area contributed by atoms with Crippen molar-refractivity contribution < 1.29 is 9.53 Å². The lowest BCUT2D eigenvalue weighted by atomic mass is 10.1. The van der Waals surface area contributed by atoms with Crippen molar-refractivity contribution in [1.29, 1.82) is 0 Å². The van der Waals surface area contributed by atoms with Gasteiger partial charge in [-0.3, -0.25) is 4.79 Å². The molecule has 0 radical (unpaired) electrons. The number of nitrogen functional groups attached to an aromatic ring is 1. The Morgan fingerprint density at radius 3 is 2.81 bits per heavy atom. The fourth-order valence-corrected chi connectivity index (χ4v) is 4.56. The van der Waals surface area contributed by atoms with Crippen LogP contribution in [-0.4, -0.2) is 32.6 Å². The molecule has 3 rings (SSSR count). The van der Waals surface area contributed by atoms with Crippen LogP contribution in [0.5, 0.6) is 0 Å². The largest absolute Gasteiger partial charge is 0.397 e. The van der Waals surface area contributed by atoms with Gasteiger partial charge < -0.3 is 15.4 Å². The molecule has 2 heterocycles. The van der Waals surface area contributed by atoms with E-state index >= 15 is 0 Å². The molecular weight excluding hydrogens is 284 g/mol. The number of hydrogen-bond donors (Lipinski definition) is 1. The summed E-state index contributed by atoms with van der Waals surface area (Å²) >= 11 is 1.62. The molecule has 0 amide bonds. The fraction of sp³-hybridized carbons (Fsp3) is 0.688. The summed E-state index contributed by atoms with van der Waals surface area (Å²) in [5.74, 6) is 1.35. The van der Waals surface area contributed by atoms with E-state index in [-0.39, 0.29) is 5.78 Å². The number of Topliss-reactive ketones (excluding diaryl/α,β-unsaturated/α-hetero) is 1. The molecule has 2 aliphatic rings. The summed E-state index contributed by atoms with van der Waals surface area (Å²) in [6.07, 6.45) is 4.11. The average Bonchev–Trinajstić information content (AvgIpc) is 3.11. The van der Waals surface area contributed by atoms with Crippen LogP contribution in [0.1, 0.15) is 53.8 Å². The van der Waals surface area contributed by atoms with E-state index in [1.165, 1.54) is 23.4 Å². The molecule has 1 aliphatic carbocycles. The number of hydrogen-bond acceptors (Lipinski definition) is 5. The van der Waals surface area contributed by atoms with Crippen LogP contribution in [0.15, 0.2) is 0 Å². The van der Waals surface area contributed by atoms with Crippen molar-refractivity contribution in [3.05, 3.63) is 10.4 Å². The molecule has 0 aromatic carbocycles. The highest BCUT2D eigenvalue weighted by Gasteiger charge is 2.36. The molecule has 1 atom stereocenters. The first-order valence-corrected chi connectivity index (χ1v) is 8.66. The number of nitrogens with two attached hydrogens (primary N) is 1. The van der Waals surface area contributed by atoms with Crippen LogP contribution in [0.3, 0.4) is 0 Å². The number of carbonyl (C=O) groups excluding carboxylic acids is 1. The minimum absolute atomic E-state index is 0.179. The second-order valence-electron chi connectivity index (χ2n) is 6.17. The summed E-state index contributed by atoms with van der Waals surface area (Å²) in [5, 5.41) is 1.26. The number of ketones is 1. The Kier molecular flexibility index (Phi) is 4.22. The summed E-state index contributed by atoms with van der Waals surface area (Å²) in [4.78, 5) is 15.3. The summed E-state index contributed by atoms with van der Waals surface area (Å²) in [7, 11) is 1.76. The van der Waals surface area contributed by atoms with Crippen LogP contribution >= 0.6 is 11.3 Å². The van der Waals surface area contributed by atoms with Gasteiger partial charge in [-0.1, -0.05) is 6.92 Å². The molecule has 1 aliphatic heterocycles. The second-order valence-corrected chi connectivity index (χ2v) is 7.17. The number of methoxy groups -OCH3 is 1. The van der Waals surface area contributed by atoms with Gasteiger partial charge in [0.25, 0.3) is 0 Å². The molecule has 0 spiro atoms. The molecule has 1 saturated carbocycles. The lowest BCUT2D eigenvalue weighted by Gasteiger charge is -2.18. The lowest BCUT2D eigenvalue weighted by molar-refractivity contribution is 0.0993. The second kappa shape index (κ2) is 5.97. The van der Waals surface area contributed by atoms with Crippen molar-refractivity contribution in [3.8, 4) is 0 Å². The number of nitrogens with zero attached hydrogens (tertiary/aromatic N) is 1. The molecule has 4 nitrogen and oxygen atoms in total. The number of carbonyl (C=O) groups is 1. The Morgan fingerprint density at radius 1 is 1.43 bits per heavy atom. The van der Waals surface area contributed by atoms with E-state index in [2.05, 4.69) is 4.90 Å². The van der Waals surface area contributed by atoms with E-state index in [9.17, 15) is 4.79 Å². The molecule has 21 heavy (non-hydrogen) atoms. The van der Waals surface area contributed by atoms with Crippen molar-refractivity contribution in [2.45, 2.75) is 38.5 Å². The number of ether oxygens (including phenoxy) is 1. The van der Waals surface area contributed by atoms with E-state index in [1.54, 1.807) is 18.4 Å². The SMILES string of the molecule is CCC(=O)c1sc(N2CCC(COC)C2)c(C2CC2)c1N. The molecule has 1 aromatic heterocycles. The summed E-state index contributed by atoms with van der Waals surface area (Å²) in [6.45, 7) is 4.79. The Labute approximate surface area is 130 Å². The highest BCUT2D eigenvalue weighted by molar-refractivity contribution is 7.19. The standard InChI is InChI=1S/C16H24N2O2S/c1-3-12(19)15-14(17)13(11-4-5-11)16(21-15)18-7-6-10(8-18)9-20-2/h10-11H,3-9,17H2,1-2H3. The highest BCUT2D eigenvalue weighted by Crippen LogP contribution is 2.52. The smallest absolute Gasteiger partial charge is 0.174 e. The highest BCUT2D eigenvalue weighted by atomic mass is 32.1. The van der Waals surface area contributed by atoms with Crippen molar-refractivity contribution in [2.75, 3.05) is 37.4 Å². The topological polar surface area (TPSA) is 55.6 Å². The zero-order chi connectivity index (χ0) is 15.0. The predicted molar refractivity (Wildman–Crippen MR) is 87.5 cm³/mol. The Morgan fingerprint density at radius 2 is 2.19 bits per heavy atom. The van der Waals surface area contributed by atoms with Crippen LogP contribution in [0.4, 0.5) is 10.7 Å².